The van der Waals surface area contributed by atoms with Gasteiger partial charge in [-0.1, -0.05) is 12.1 Å². The van der Waals surface area contributed by atoms with Crippen molar-refractivity contribution < 1.29 is 13.9 Å². The lowest BCUT2D eigenvalue weighted by molar-refractivity contribution is -0.139. The van der Waals surface area contributed by atoms with E-state index in [1.165, 1.54) is 12.1 Å². The Kier molecular flexibility index (Phi) is 6.39. The van der Waals surface area contributed by atoms with Gasteiger partial charge in [-0.25, -0.2) is 4.39 Å². The molecule has 0 radical (unpaired) electrons. The largest absolute Gasteiger partial charge is 0.370 e. The molecule has 1 fully saturated rings. The van der Waals surface area contributed by atoms with Gasteiger partial charge in [-0.15, -0.1) is 12.4 Å². The first-order chi connectivity index (χ1) is 9.06. The van der Waals surface area contributed by atoms with E-state index in [0.29, 0.717) is 26.1 Å². The minimum atomic E-state index is -0.274. The summed E-state index contributed by atoms with van der Waals surface area (Å²) < 4.78 is 18.5. The minimum absolute atomic E-state index is 0. The first-order valence-electron chi connectivity index (χ1n) is 6.46. The number of amides is 1. The van der Waals surface area contributed by atoms with E-state index in [4.69, 9.17) is 10.5 Å². The molecular weight excluding hydrogens is 283 g/mol. The predicted octanol–water partition coefficient (Wildman–Crippen LogP) is 1.88. The third kappa shape index (κ3) is 4.44. The zero-order valence-corrected chi connectivity index (χ0v) is 12.2. The molecule has 2 N–H and O–H groups in total. The molecule has 6 heteroatoms. The van der Waals surface area contributed by atoms with Crippen molar-refractivity contribution >= 4 is 18.3 Å². The van der Waals surface area contributed by atoms with Crippen LogP contribution in [0, 0.1) is 5.82 Å². The van der Waals surface area contributed by atoms with Crippen LogP contribution in [0.15, 0.2) is 24.3 Å². The third-order valence-corrected chi connectivity index (χ3v) is 3.16. The molecule has 1 aromatic rings. The first kappa shape index (κ1) is 16.9. The van der Waals surface area contributed by atoms with Gasteiger partial charge in [0.2, 0.25) is 5.91 Å². The van der Waals surface area contributed by atoms with Crippen molar-refractivity contribution in [3.05, 3.63) is 35.6 Å². The number of ether oxygens (including phenoxy) is 1. The van der Waals surface area contributed by atoms with Crippen LogP contribution in [0.1, 0.15) is 25.0 Å². The topological polar surface area (TPSA) is 55.6 Å². The van der Waals surface area contributed by atoms with Crippen LogP contribution in [-0.4, -0.2) is 36.5 Å². The van der Waals surface area contributed by atoms with E-state index >= 15 is 0 Å². The summed E-state index contributed by atoms with van der Waals surface area (Å²) >= 11 is 0. The van der Waals surface area contributed by atoms with Crippen LogP contribution in [0.5, 0.6) is 0 Å². The number of halogens is 2. The number of nitrogens with zero attached hydrogens (tertiary/aromatic N) is 1. The molecule has 2 atom stereocenters. The number of hydrogen-bond acceptors (Lipinski definition) is 3. The lowest BCUT2D eigenvalue weighted by Gasteiger charge is -2.33. The highest BCUT2D eigenvalue weighted by Crippen LogP contribution is 2.22. The molecular formula is C14H20ClFN2O2. The Balaban J connectivity index is 0.00000200. The molecule has 0 bridgehead atoms. The molecule has 4 nitrogen and oxygen atoms in total. The molecule has 20 heavy (non-hydrogen) atoms. The van der Waals surface area contributed by atoms with Crippen LogP contribution < -0.4 is 5.73 Å². The molecule has 1 aromatic carbocycles. The summed E-state index contributed by atoms with van der Waals surface area (Å²) in [5.41, 5.74) is 6.53. The van der Waals surface area contributed by atoms with E-state index in [9.17, 15) is 9.18 Å². The van der Waals surface area contributed by atoms with Gasteiger partial charge in [-0.05, 0) is 24.6 Å². The molecule has 1 amide bonds. The van der Waals surface area contributed by atoms with E-state index < -0.39 is 0 Å². The molecule has 2 rings (SSSR count). The third-order valence-electron chi connectivity index (χ3n) is 3.16. The van der Waals surface area contributed by atoms with E-state index in [-0.39, 0.29) is 36.3 Å². The van der Waals surface area contributed by atoms with Crippen LogP contribution in [-0.2, 0) is 9.53 Å². The minimum Gasteiger partial charge on any atom is -0.370 e. The van der Waals surface area contributed by atoms with Crippen molar-refractivity contribution in [3.8, 4) is 0 Å². The van der Waals surface area contributed by atoms with E-state index in [2.05, 4.69) is 0 Å². The van der Waals surface area contributed by atoms with Gasteiger partial charge in [-0.3, -0.25) is 4.79 Å². The molecule has 2 unspecified atom stereocenters. The summed E-state index contributed by atoms with van der Waals surface area (Å²) in [6, 6.07) is 6.06. The molecule has 112 valence electrons. The SMILES string of the molecule is CC(N)CC(=O)N1CCOC(c2ccc(F)cc2)C1.Cl. The van der Waals surface area contributed by atoms with E-state index in [1.807, 2.05) is 6.92 Å². The van der Waals surface area contributed by atoms with Gasteiger partial charge in [0.05, 0.1) is 13.2 Å². The van der Waals surface area contributed by atoms with Gasteiger partial charge in [-0.2, -0.15) is 0 Å². The molecule has 0 saturated carbocycles. The van der Waals surface area contributed by atoms with Crippen molar-refractivity contribution in [2.24, 2.45) is 5.73 Å². The number of benzene rings is 1. The number of rotatable bonds is 3. The number of nitrogens with two attached hydrogens (primary N) is 1. The summed E-state index contributed by atoms with van der Waals surface area (Å²) in [5.74, 6) is -0.227. The van der Waals surface area contributed by atoms with Crippen molar-refractivity contribution in [1.29, 1.82) is 0 Å². The lowest BCUT2D eigenvalue weighted by atomic mass is 10.1. The van der Waals surface area contributed by atoms with Crippen LogP contribution >= 0.6 is 12.4 Å². The Bertz CT molecular complexity index is 439. The highest BCUT2D eigenvalue weighted by atomic mass is 35.5. The summed E-state index contributed by atoms with van der Waals surface area (Å²) in [7, 11) is 0. The summed E-state index contributed by atoms with van der Waals surface area (Å²) in [5, 5.41) is 0. The fourth-order valence-corrected chi connectivity index (χ4v) is 2.16. The normalized spacial score (nSPS) is 20.1. The van der Waals surface area contributed by atoms with E-state index in [1.54, 1.807) is 17.0 Å². The molecule has 1 aliphatic heterocycles. The monoisotopic (exact) mass is 302 g/mol. The van der Waals surface area contributed by atoms with Gasteiger partial charge in [0.25, 0.3) is 0 Å². The fourth-order valence-electron chi connectivity index (χ4n) is 2.16. The fraction of sp³-hybridized carbons (Fsp3) is 0.500. The zero-order chi connectivity index (χ0) is 13.8. The highest BCUT2D eigenvalue weighted by molar-refractivity contribution is 5.85. The van der Waals surface area contributed by atoms with Gasteiger partial charge in [0, 0.05) is 19.0 Å². The van der Waals surface area contributed by atoms with Crippen LogP contribution in [0.25, 0.3) is 0 Å². The second-order valence-corrected chi connectivity index (χ2v) is 4.93. The molecule has 1 aliphatic rings. The number of carbonyl (C=O) groups excluding carboxylic acids is 1. The van der Waals surface area contributed by atoms with E-state index in [0.717, 1.165) is 5.56 Å². The van der Waals surface area contributed by atoms with Crippen LogP contribution in [0.4, 0.5) is 4.39 Å². The van der Waals surface area contributed by atoms with Crippen molar-refractivity contribution in [2.75, 3.05) is 19.7 Å². The summed E-state index contributed by atoms with van der Waals surface area (Å²) in [6.45, 7) is 3.39. The Labute approximate surface area is 124 Å². The zero-order valence-electron chi connectivity index (χ0n) is 11.4. The van der Waals surface area contributed by atoms with Gasteiger partial charge >= 0.3 is 0 Å². The number of morpholine rings is 1. The quantitative estimate of drug-likeness (QED) is 0.927. The highest BCUT2D eigenvalue weighted by Gasteiger charge is 2.25. The van der Waals surface area contributed by atoms with Crippen LogP contribution in [0.3, 0.4) is 0 Å². The second-order valence-electron chi connectivity index (χ2n) is 4.93. The second kappa shape index (κ2) is 7.57. The smallest absolute Gasteiger partial charge is 0.224 e. The predicted molar refractivity (Wildman–Crippen MR) is 77.2 cm³/mol. The first-order valence-corrected chi connectivity index (χ1v) is 6.46. The van der Waals surface area contributed by atoms with Crippen molar-refractivity contribution in [1.82, 2.24) is 4.90 Å². The van der Waals surface area contributed by atoms with Crippen molar-refractivity contribution in [3.63, 3.8) is 0 Å². The molecule has 0 aliphatic carbocycles. The average Bonchev–Trinajstić information content (AvgIpc) is 2.39. The number of carbonyl (C=O) groups is 1. The number of hydrogen-bond donors (Lipinski definition) is 1. The van der Waals surface area contributed by atoms with Crippen LogP contribution in [0.2, 0.25) is 0 Å². The Morgan fingerprint density at radius 2 is 2.15 bits per heavy atom. The maximum absolute atomic E-state index is 12.9. The molecule has 1 saturated heterocycles. The standard InChI is InChI=1S/C14H19FN2O2.ClH/c1-10(16)8-14(18)17-6-7-19-13(9-17)11-2-4-12(15)5-3-11;/h2-5,10,13H,6-9,16H2,1H3;1H. The lowest BCUT2D eigenvalue weighted by Crippen LogP contribution is -2.43. The summed E-state index contributed by atoms with van der Waals surface area (Å²) in [6.07, 6.45) is 0.155. The van der Waals surface area contributed by atoms with Crippen molar-refractivity contribution in [2.45, 2.75) is 25.5 Å². The Morgan fingerprint density at radius 1 is 1.50 bits per heavy atom. The average molecular weight is 303 g/mol. The van der Waals surface area contributed by atoms with Gasteiger partial charge < -0.3 is 15.4 Å². The van der Waals surface area contributed by atoms with Gasteiger partial charge in [0.1, 0.15) is 11.9 Å². The molecule has 0 spiro atoms. The maximum atomic E-state index is 12.9. The molecule has 0 aromatic heterocycles. The Hall–Kier alpha value is -1.17. The maximum Gasteiger partial charge on any atom is 0.224 e. The van der Waals surface area contributed by atoms with Gasteiger partial charge in [0.15, 0.2) is 0 Å². The Morgan fingerprint density at radius 3 is 2.75 bits per heavy atom. The summed E-state index contributed by atoms with van der Waals surface area (Å²) in [4.78, 5) is 13.7. The molecule has 1 heterocycles.